The van der Waals surface area contributed by atoms with E-state index in [1.54, 1.807) is 0 Å². The first-order valence-electron chi connectivity index (χ1n) is 5.81. The number of nitrogens with one attached hydrogen (secondary N) is 1. The normalized spacial score (nSPS) is 12.9. The van der Waals surface area contributed by atoms with Crippen molar-refractivity contribution in [3.8, 4) is 0 Å². The zero-order chi connectivity index (χ0) is 11.8. The van der Waals surface area contributed by atoms with Gasteiger partial charge in [0.2, 0.25) is 0 Å². The topological polar surface area (TPSA) is 29.1 Å². The second kappa shape index (κ2) is 7.58. The van der Waals surface area contributed by atoms with Crippen LogP contribution >= 0.6 is 0 Å². The van der Waals surface area contributed by atoms with E-state index in [1.807, 2.05) is 30.3 Å². The minimum atomic E-state index is -0.726. The molecule has 1 unspecified atom stereocenters. The van der Waals surface area contributed by atoms with Gasteiger partial charge >= 0.3 is 0 Å². The summed E-state index contributed by atoms with van der Waals surface area (Å²) in [6.45, 7) is 5.21. The monoisotopic (exact) mass is 239 g/mol. The van der Waals surface area contributed by atoms with Crippen LogP contribution < -0.4 is 5.32 Å². The maximum absolute atomic E-state index is 11.7. The fourth-order valence-electron chi connectivity index (χ4n) is 1.46. The smallest absolute Gasteiger partial charge is 0.0485 e. The molecule has 3 heteroatoms. The summed E-state index contributed by atoms with van der Waals surface area (Å²) in [7, 11) is -0.726. The molecule has 90 valence electrons. The first kappa shape index (κ1) is 13.4. The van der Waals surface area contributed by atoms with Gasteiger partial charge in [-0.15, -0.1) is 0 Å². The Bertz CT molecular complexity index is 311. The number of rotatable bonds is 7. The van der Waals surface area contributed by atoms with Crippen molar-refractivity contribution in [2.45, 2.75) is 32.1 Å². The third-order valence-electron chi connectivity index (χ3n) is 2.27. The standard InChI is InChI=1S/C13H21NOS/c1-12(2)14-9-6-10-16(15)11-13-7-4-3-5-8-13/h3-5,7-8,12,14H,6,9-11H2,1-2H3. The van der Waals surface area contributed by atoms with E-state index in [4.69, 9.17) is 0 Å². The minimum Gasteiger partial charge on any atom is -0.315 e. The first-order valence-corrected chi connectivity index (χ1v) is 7.29. The molecule has 0 bridgehead atoms. The third kappa shape index (κ3) is 6.03. The molecule has 0 fully saturated rings. The Morgan fingerprint density at radius 2 is 1.94 bits per heavy atom. The van der Waals surface area contributed by atoms with Gasteiger partial charge in [0.25, 0.3) is 0 Å². The fourth-order valence-corrected chi connectivity index (χ4v) is 2.63. The Labute approximate surface area is 101 Å². The van der Waals surface area contributed by atoms with Crippen LogP contribution in [-0.2, 0) is 16.6 Å². The molecule has 1 aromatic rings. The van der Waals surface area contributed by atoms with Gasteiger partial charge in [0.1, 0.15) is 0 Å². The summed E-state index contributed by atoms with van der Waals surface area (Å²) in [6, 6.07) is 10.6. The lowest BCUT2D eigenvalue weighted by atomic mass is 10.2. The van der Waals surface area contributed by atoms with Crippen LogP contribution in [0, 0.1) is 0 Å². The SMILES string of the molecule is CC(C)NCCCS(=O)Cc1ccccc1. The van der Waals surface area contributed by atoms with E-state index in [1.165, 1.54) is 0 Å². The number of hydrogen-bond donors (Lipinski definition) is 1. The number of hydrogen-bond acceptors (Lipinski definition) is 2. The zero-order valence-corrected chi connectivity index (χ0v) is 10.9. The number of benzene rings is 1. The highest BCUT2D eigenvalue weighted by Gasteiger charge is 2.01. The van der Waals surface area contributed by atoms with E-state index in [9.17, 15) is 4.21 Å². The predicted molar refractivity (Wildman–Crippen MR) is 70.9 cm³/mol. The minimum absolute atomic E-state index is 0.516. The molecule has 0 aromatic heterocycles. The molecule has 1 N–H and O–H groups in total. The van der Waals surface area contributed by atoms with E-state index in [2.05, 4.69) is 19.2 Å². The van der Waals surface area contributed by atoms with Gasteiger partial charge in [0.05, 0.1) is 0 Å². The van der Waals surface area contributed by atoms with E-state index in [0.717, 1.165) is 24.3 Å². The lowest BCUT2D eigenvalue weighted by Gasteiger charge is -2.07. The van der Waals surface area contributed by atoms with Crippen molar-refractivity contribution in [1.82, 2.24) is 5.32 Å². The van der Waals surface area contributed by atoms with Crippen molar-refractivity contribution in [2.24, 2.45) is 0 Å². The molecule has 0 heterocycles. The van der Waals surface area contributed by atoms with Gasteiger partial charge in [0.15, 0.2) is 0 Å². The van der Waals surface area contributed by atoms with Gasteiger partial charge in [0, 0.05) is 28.3 Å². The summed E-state index contributed by atoms with van der Waals surface area (Å²) in [5, 5.41) is 3.33. The van der Waals surface area contributed by atoms with Crippen LogP contribution in [0.5, 0.6) is 0 Å². The Kier molecular flexibility index (Phi) is 6.34. The summed E-state index contributed by atoms with van der Waals surface area (Å²) in [5.41, 5.74) is 1.16. The van der Waals surface area contributed by atoms with Crippen LogP contribution in [0.25, 0.3) is 0 Å². The molecule has 0 spiro atoms. The molecular weight excluding hydrogens is 218 g/mol. The van der Waals surface area contributed by atoms with Gasteiger partial charge in [-0.1, -0.05) is 44.2 Å². The molecule has 1 rings (SSSR count). The molecule has 16 heavy (non-hydrogen) atoms. The van der Waals surface area contributed by atoms with Crippen molar-refractivity contribution in [3.05, 3.63) is 35.9 Å². The van der Waals surface area contributed by atoms with E-state index < -0.39 is 10.8 Å². The highest BCUT2D eigenvalue weighted by molar-refractivity contribution is 7.84. The summed E-state index contributed by atoms with van der Waals surface area (Å²) in [4.78, 5) is 0. The second-order valence-electron chi connectivity index (χ2n) is 4.24. The Morgan fingerprint density at radius 3 is 2.56 bits per heavy atom. The molecule has 0 aliphatic carbocycles. The van der Waals surface area contributed by atoms with Crippen molar-refractivity contribution in [3.63, 3.8) is 0 Å². The van der Waals surface area contributed by atoms with Crippen LogP contribution in [0.1, 0.15) is 25.8 Å². The first-order chi connectivity index (χ1) is 7.68. The molecule has 1 aromatic carbocycles. The predicted octanol–water partition coefficient (Wildman–Crippen LogP) is 2.32. The van der Waals surface area contributed by atoms with Gasteiger partial charge < -0.3 is 5.32 Å². The lowest BCUT2D eigenvalue weighted by Crippen LogP contribution is -2.24. The average molecular weight is 239 g/mol. The van der Waals surface area contributed by atoms with Crippen LogP contribution in [0.2, 0.25) is 0 Å². The van der Waals surface area contributed by atoms with E-state index >= 15 is 0 Å². The highest BCUT2D eigenvalue weighted by Crippen LogP contribution is 2.03. The largest absolute Gasteiger partial charge is 0.315 e. The molecule has 0 saturated carbocycles. The van der Waals surface area contributed by atoms with Gasteiger partial charge in [-0.3, -0.25) is 4.21 Å². The Morgan fingerprint density at radius 1 is 1.25 bits per heavy atom. The molecule has 2 nitrogen and oxygen atoms in total. The Hall–Kier alpha value is -0.670. The van der Waals surface area contributed by atoms with Crippen LogP contribution in [-0.4, -0.2) is 22.5 Å². The lowest BCUT2D eigenvalue weighted by molar-refractivity contribution is 0.583. The molecule has 0 saturated heterocycles. The summed E-state index contributed by atoms with van der Waals surface area (Å²) in [5.74, 6) is 1.47. The van der Waals surface area contributed by atoms with Gasteiger partial charge in [-0.2, -0.15) is 0 Å². The highest BCUT2D eigenvalue weighted by atomic mass is 32.2. The van der Waals surface area contributed by atoms with Gasteiger partial charge in [-0.25, -0.2) is 0 Å². The zero-order valence-electron chi connectivity index (χ0n) is 10.1. The summed E-state index contributed by atoms with van der Waals surface area (Å²) < 4.78 is 11.7. The van der Waals surface area contributed by atoms with E-state index in [-0.39, 0.29) is 0 Å². The fraction of sp³-hybridized carbons (Fsp3) is 0.538. The molecule has 0 radical (unpaired) electrons. The van der Waals surface area contributed by atoms with Crippen molar-refractivity contribution >= 4 is 10.8 Å². The maximum Gasteiger partial charge on any atom is 0.0485 e. The quantitative estimate of drug-likeness (QED) is 0.740. The molecule has 0 aliphatic heterocycles. The second-order valence-corrected chi connectivity index (χ2v) is 5.81. The van der Waals surface area contributed by atoms with Crippen molar-refractivity contribution in [1.29, 1.82) is 0 Å². The van der Waals surface area contributed by atoms with Crippen LogP contribution in [0.15, 0.2) is 30.3 Å². The van der Waals surface area contributed by atoms with Crippen LogP contribution in [0.3, 0.4) is 0 Å². The van der Waals surface area contributed by atoms with Crippen molar-refractivity contribution < 1.29 is 4.21 Å². The average Bonchev–Trinajstić information content (AvgIpc) is 2.25. The maximum atomic E-state index is 11.7. The van der Waals surface area contributed by atoms with Gasteiger partial charge in [-0.05, 0) is 18.5 Å². The molecule has 0 aliphatic rings. The summed E-state index contributed by atoms with van der Waals surface area (Å²) >= 11 is 0. The molecule has 1 atom stereocenters. The van der Waals surface area contributed by atoms with E-state index in [0.29, 0.717) is 11.8 Å². The third-order valence-corrected chi connectivity index (χ3v) is 3.67. The molecular formula is C13H21NOS. The Balaban J connectivity index is 2.17. The van der Waals surface area contributed by atoms with Crippen LogP contribution in [0.4, 0.5) is 0 Å². The molecule has 0 amide bonds. The van der Waals surface area contributed by atoms with Crippen molar-refractivity contribution in [2.75, 3.05) is 12.3 Å². The summed E-state index contributed by atoms with van der Waals surface area (Å²) in [6.07, 6.45) is 0.984.